The van der Waals surface area contributed by atoms with Crippen LogP contribution in [0.25, 0.3) is 0 Å². The van der Waals surface area contributed by atoms with E-state index in [9.17, 15) is 0 Å². The van der Waals surface area contributed by atoms with Crippen LogP contribution in [0.15, 0.2) is 42.5 Å². The van der Waals surface area contributed by atoms with Crippen molar-refractivity contribution in [2.24, 2.45) is 0 Å². The Bertz CT molecular complexity index is 624. The van der Waals surface area contributed by atoms with E-state index in [-0.39, 0.29) is 0 Å². The van der Waals surface area contributed by atoms with Crippen LogP contribution in [0.5, 0.6) is 11.5 Å². The number of anilines is 1. The quantitative estimate of drug-likeness (QED) is 0.920. The van der Waals surface area contributed by atoms with E-state index < -0.39 is 0 Å². The molecule has 1 N–H and O–H groups in total. The van der Waals surface area contributed by atoms with Gasteiger partial charge in [-0.25, -0.2) is 0 Å². The molecule has 0 saturated carbocycles. The highest BCUT2D eigenvalue weighted by molar-refractivity contribution is 5.51. The summed E-state index contributed by atoms with van der Waals surface area (Å²) in [6.07, 6.45) is 1.05. The Morgan fingerprint density at radius 3 is 2.90 bits per heavy atom. The van der Waals surface area contributed by atoms with Crippen molar-refractivity contribution in [1.82, 2.24) is 0 Å². The van der Waals surface area contributed by atoms with Crippen LogP contribution in [0.1, 0.15) is 23.5 Å². The predicted octanol–water partition coefficient (Wildman–Crippen LogP) is 3.98. The van der Waals surface area contributed by atoms with Crippen molar-refractivity contribution in [3.8, 4) is 11.5 Å². The number of ether oxygens (including phenoxy) is 2. The fraction of sp³-hybridized carbons (Fsp3) is 0.333. The second-order valence-corrected chi connectivity index (χ2v) is 5.44. The summed E-state index contributed by atoms with van der Waals surface area (Å²) in [6, 6.07) is 14.5. The third kappa shape index (κ3) is 2.97. The van der Waals surface area contributed by atoms with Crippen molar-refractivity contribution in [1.29, 1.82) is 0 Å². The van der Waals surface area contributed by atoms with Gasteiger partial charge in [0.25, 0.3) is 0 Å². The lowest BCUT2D eigenvalue weighted by Gasteiger charge is -2.26. The average Bonchev–Trinajstić information content (AvgIpc) is 2.53. The largest absolute Gasteiger partial charge is 0.496 e. The highest BCUT2D eigenvalue weighted by Crippen LogP contribution is 2.33. The Balaban J connectivity index is 1.70. The molecule has 1 heterocycles. The SMILES string of the molecule is COc1ccc(NCC2CCOc3ccccc32)cc1C. The molecular weight excluding hydrogens is 262 g/mol. The van der Waals surface area contributed by atoms with Crippen molar-refractivity contribution in [2.45, 2.75) is 19.3 Å². The predicted molar refractivity (Wildman–Crippen MR) is 85.5 cm³/mol. The standard InChI is InChI=1S/C18H21NO2/c1-13-11-15(7-8-17(13)20-2)19-12-14-9-10-21-18-6-4-3-5-16(14)18/h3-8,11,14,19H,9-10,12H2,1-2H3. The second kappa shape index (κ2) is 6.08. The molecule has 0 bridgehead atoms. The van der Waals surface area contributed by atoms with Gasteiger partial charge in [0.15, 0.2) is 0 Å². The normalized spacial score (nSPS) is 16.8. The zero-order chi connectivity index (χ0) is 14.7. The second-order valence-electron chi connectivity index (χ2n) is 5.44. The maximum atomic E-state index is 5.71. The molecule has 3 nitrogen and oxygen atoms in total. The number of rotatable bonds is 4. The molecule has 0 amide bonds. The van der Waals surface area contributed by atoms with Crippen molar-refractivity contribution >= 4 is 5.69 Å². The monoisotopic (exact) mass is 283 g/mol. The Hall–Kier alpha value is -2.16. The lowest BCUT2D eigenvalue weighted by molar-refractivity contribution is 0.270. The molecule has 1 aliphatic rings. The molecule has 110 valence electrons. The van der Waals surface area contributed by atoms with Gasteiger partial charge in [-0.3, -0.25) is 0 Å². The molecular formula is C18H21NO2. The van der Waals surface area contributed by atoms with E-state index in [1.165, 1.54) is 5.56 Å². The van der Waals surface area contributed by atoms with Crippen molar-refractivity contribution in [3.05, 3.63) is 53.6 Å². The van der Waals surface area contributed by atoms with E-state index in [0.717, 1.165) is 42.3 Å². The first-order valence-corrected chi connectivity index (χ1v) is 7.38. The minimum atomic E-state index is 0.498. The number of methoxy groups -OCH3 is 1. The third-order valence-corrected chi connectivity index (χ3v) is 4.03. The van der Waals surface area contributed by atoms with Crippen LogP contribution in [0.2, 0.25) is 0 Å². The first-order valence-electron chi connectivity index (χ1n) is 7.38. The van der Waals surface area contributed by atoms with Gasteiger partial charge in [-0.15, -0.1) is 0 Å². The van der Waals surface area contributed by atoms with E-state index in [2.05, 4.69) is 42.6 Å². The fourth-order valence-corrected chi connectivity index (χ4v) is 2.86. The molecule has 2 aromatic rings. The minimum Gasteiger partial charge on any atom is -0.496 e. The Morgan fingerprint density at radius 2 is 2.10 bits per heavy atom. The number of nitrogens with one attached hydrogen (secondary N) is 1. The molecule has 0 fully saturated rings. The summed E-state index contributed by atoms with van der Waals surface area (Å²) in [5, 5.41) is 3.54. The molecule has 0 saturated heterocycles. The lowest BCUT2D eigenvalue weighted by atomic mass is 9.93. The van der Waals surface area contributed by atoms with Crippen LogP contribution < -0.4 is 14.8 Å². The molecule has 0 spiro atoms. The highest BCUT2D eigenvalue weighted by Gasteiger charge is 2.20. The van der Waals surface area contributed by atoms with Crippen LogP contribution in [-0.2, 0) is 0 Å². The summed E-state index contributed by atoms with van der Waals surface area (Å²) in [5.74, 6) is 2.45. The van der Waals surface area contributed by atoms with Crippen LogP contribution in [0, 0.1) is 6.92 Å². The zero-order valence-corrected chi connectivity index (χ0v) is 12.6. The van der Waals surface area contributed by atoms with Gasteiger partial charge < -0.3 is 14.8 Å². The van der Waals surface area contributed by atoms with Crippen LogP contribution in [0.3, 0.4) is 0 Å². The number of fused-ring (bicyclic) bond motifs is 1. The van der Waals surface area contributed by atoms with Crippen molar-refractivity contribution < 1.29 is 9.47 Å². The van der Waals surface area contributed by atoms with E-state index in [1.807, 2.05) is 12.1 Å². The van der Waals surface area contributed by atoms with Crippen LogP contribution >= 0.6 is 0 Å². The molecule has 0 radical (unpaired) electrons. The number of aryl methyl sites for hydroxylation is 1. The van der Waals surface area contributed by atoms with Crippen molar-refractivity contribution in [2.75, 3.05) is 25.6 Å². The van der Waals surface area contributed by atoms with Gasteiger partial charge in [0.05, 0.1) is 13.7 Å². The summed E-state index contributed by atoms with van der Waals surface area (Å²) >= 11 is 0. The van der Waals surface area contributed by atoms with Crippen molar-refractivity contribution in [3.63, 3.8) is 0 Å². The average molecular weight is 283 g/mol. The number of hydrogen-bond acceptors (Lipinski definition) is 3. The first kappa shape index (κ1) is 13.8. The highest BCUT2D eigenvalue weighted by atomic mass is 16.5. The molecule has 3 heteroatoms. The van der Waals surface area contributed by atoms with Gasteiger partial charge in [0.1, 0.15) is 11.5 Å². The van der Waals surface area contributed by atoms with Crippen LogP contribution in [0.4, 0.5) is 5.69 Å². The van der Waals surface area contributed by atoms with E-state index in [1.54, 1.807) is 7.11 Å². The molecule has 1 atom stereocenters. The molecule has 1 unspecified atom stereocenters. The number of para-hydroxylation sites is 1. The number of hydrogen-bond donors (Lipinski definition) is 1. The Kier molecular flexibility index (Phi) is 4.00. The zero-order valence-electron chi connectivity index (χ0n) is 12.6. The van der Waals surface area contributed by atoms with Crippen LogP contribution in [-0.4, -0.2) is 20.3 Å². The lowest BCUT2D eigenvalue weighted by Crippen LogP contribution is -2.20. The van der Waals surface area contributed by atoms with Gasteiger partial charge in [-0.2, -0.15) is 0 Å². The minimum absolute atomic E-state index is 0.498. The molecule has 2 aromatic carbocycles. The molecule has 21 heavy (non-hydrogen) atoms. The number of benzene rings is 2. The molecule has 0 aromatic heterocycles. The maximum absolute atomic E-state index is 5.71. The van der Waals surface area contributed by atoms with Gasteiger partial charge in [-0.1, -0.05) is 18.2 Å². The first-order chi connectivity index (χ1) is 10.3. The molecule has 1 aliphatic heterocycles. The summed E-state index contributed by atoms with van der Waals surface area (Å²) in [7, 11) is 1.70. The smallest absolute Gasteiger partial charge is 0.122 e. The summed E-state index contributed by atoms with van der Waals surface area (Å²) in [6.45, 7) is 3.78. The van der Waals surface area contributed by atoms with Gasteiger partial charge >= 0.3 is 0 Å². The third-order valence-electron chi connectivity index (χ3n) is 4.03. The molecule has 0 aliphatic carbocycles. The summed E-state index contributed by atoms with van der Waals surface area (Å²) < 4.78 is 11.0. The fourth-order valence-electron chi connectivity index (χ4n) is 2.86. The Morgan fingerprint density at radius 1 is 1.24 bits per heavy atom. The van der Waals surface area contributed by atoms with Gasteiger partial charge in [0, 0.05) is 18.2 Å². The summed E-state index contributed by atoms with van der Waals surface area (Å²) in [4.78, 5) is 0. The van der Waals surface area contributed by atoms with E-state index >= 15 is 0 Å². The van der Waals surface area contributed by atoms with E-state index in [0.29, 0.717) is 5.92 Å². The van der Waals surface area contributed by atoms with Gasteiger partial charge in [0.2, 0.25) is 0 Å². The topological polar surface area (TPSA) is 30.5 Å². The van der Waals surface area contributed by atoms with Gasteiger partial charge in [-0.05, 0) is 48.7 Å². The Labute approximate surface area is 125 Å². The molecule has 3 rings (SSSR count). The summed E-state index contributed by atoms with van der Waals surface area (Å²) in [5.41, 5.74) is 3.59. The maximum Gasteiger partial charge on any atom is 0.122 e. The van der Waals surface area contributed by atoms with E-state index in [4.69, 9.17) is 9.47 Å².